The van der Waals surface area contributed by atoms with E-state index < -0.39 is 11.9 Å². The normalized spacial score (nSPS) is 9.75. The average molecular weight is 446 g/mol. The number of esters is 2. The molecule has 0 amide bonds. The predicted octanol–water partition coefficient (Wildman–Crippen LogP) is 2.47. The number of methoxy groups -OCH3 is 2. The molecule has 86 valence electrons. The van der Waals surface area contributed by atoms with Crippen molar-refractivity contribution in [3.63, 3.8) is 0 Å². The number of carbonyl (C=O) groups is 2. The van der Waals surface area contributed by atoms with Crippen molar-refractivity contribution in [3.8, 4) is 0 Å². The highest BCUT2D eigenvalue weighted by Gasteiger charge is 2.20. The Bertz CT molecular complexity index is 402. The molecule has 0 fully saturated rings. The Morgan fingerprint density at radius 3 is 1.50 bits per heavy atom. The Kier molecular flexibility index (Phi) is 4.96. The quantitative estimate of drug-likeness (QED) is 0.518. The first-order valence-electron chi connectivity index (χ1n) is 4.17. The van der Waals surface area contributed by atoms with Crippen molar-refractivity contribution in [2.45, 2.75) is 0 Å². The molecule has 0 aliphatic rings. The minimum absolute atomic E-state index is 0.221. The van der Waals surface area contributed by atoms with E-state index in [-0.39, 0.29) is 11.1 Å². The summed E-state index contributed by atoms with van der Waals surface area (Å²) in [5, 5.41) is 0. The van der Waals surface area contributed by atoms with Gasteiger partial charge in [-0.05, 0) is 57.3 Å². The van der Waals surface area contributed by atoms with Crippen LogP contribution in [0, 0.1) is 7.14 Å². The van der Waals surface area contributed by atoms with E-state index in [0.29, 0.717) is 0 Å². The molecule has 1 aromatic rings. The van der Waals surface area contributed by atoms with Crippen LogP contribution in [0.15, 0.2) is 12.1 Å². The molecule has 0 atom stereocenters. The lowest BCUT2D eigenvalue weighted by molar-refractivity contribution is 0.0555. The number of halogens is 2. The van der Waals surface area contributed by atoms with Crippen molar-refractivity contribution < 1.29 is 19.1 Å². The summed E-state index contributed by atoms with van der Waals surface area (Å²) in [7, 11) is 2.54. The van der Waals surface area contributed by atoms with Crippen LogP contribution in [-0.4, -0.2) is 26.2 Å². The Labute approximate surface area is 120 Å². The standard InChI is InChI=1S/C10H8I2O4/c1-15-9(13)5-3-7(11)8(12)4-6(5)10(14)16-2/h3-4H,1-2H3. The van der Waals surface area contributed by atoms with Crippen LogP contribution >= 0.6 is 45.2 Å². The monoisotopic (exact) mass is 446 g/mol. The van der Waals surface area contributed by atoms with Crippen LogP contribution in [0.25, 0.3) is 0 Å². The van der Waals surface area contributed by atoms with E-state index in [9.17, 15) is 9.59 Å². The lowest BCUT2D eigenvalue weighted by Gasteiger charge is -2.08. The van der Waals surface area contributed by atoms with Gasteiger partial charge in [0.1, 0.15) is 0 Å². The first-order valence-corrected chi connectivity index (χ1v) is 6.32. The maximum atomic E-state index is 11.5. The van der Waals surface area contributed by atoms with Crippen molar-refractivity contribution >= 4 is 57.1 Å². The fourth-order valence-corrected chi connectivity index (χ4v) is 2.04. The van der Waals surface area contributed by atoms with Crippen molar-refractivity contribution in [1.82, 2.24) is 0 Å². The maximum absolute atomic E-state index is 11.5. The van der Waals surface area contributed by atoms with E-state index in [1.165, 1.54) is 14.2 Å². The fraction of sp³-hybridized carbons (Fsp3) is 0.200. The van der Waals surface area contributed by atoms with Crippen LogP contribution in [0.1, 0.15) is 20.7 Å². The van der Waals surface area contributed by atoms with Gasteiger partial charge >= 0.3 is 11.9 Å². The van der Waals surface area contributed by atoms with Gasteiger partial charge in [-0.2, -0.15) is 0 Å². The topological polar surface area (TPSA) is 52.6 Å². The molecule has 0 N–H and O–H groups in total. The molecule has 0 radical (unpaired) electrons. The SMILES string of the molecule is COC(=O)c1cc(I)c(I)cc1C(=O)OC. The summed E-state index contributed by atoms with van der Waals surface area (Å²) in [6.07, 6.45) is 0. The minimum Gasteiger partial charge on any atom is -0.465 e. The van der Waals surface area contributed by atoms with E-state index in [1.807, 2.05) is 0 Å². The summed E-state index contributed by atoms with van der Waals surface area (Å²) in [4.78, 5) is 23.0. The van der Waals surface area contributed by atoms with Gasteiger partial charge in [0.2, 0.25) is 0 Å². The molecule has 0 aromatic heterocycles. The van der Waals surface area contributed by atoms with Gasteiger partial charge in [0.05, 0.1) is 25.3 Å². The third kappa shape index (κ3) is 2.84. The average Bonchev–Trinajstić information content (AvgIpc) is 2.30. The highest BCUT2D eigenvalue weighted by molar-refractivity contribution is 14.1. The largest absolute Gasteiger partial charge is 0.465 e. The highest BCUT2D eigenvalue weighted by Crippen LogP contribution is 2.22. The number of benzene rings is 1. The van der Waals surface area contributed by atoms with Crippen LogP contribution in [0.4, 0.5) is 0 Å². The lowest BCUT2D eigenvalue weighted by atomic mass is 10.1. The summed E-state index contributed by atoms with van der Waals surface area (Å²) in [6, 6.07) is 3.22. The van der Waals surface area contributed by atoms with Crippen LogP contribution in [-0.2, 0) is 9.47 Å². The van der Waals surface area contributed by atoms with Gasteiger partial charge in [-0.1, -0.05) is 0 Å². The molecule has 0 saturated heterocycles. The zero-order valence-corrected chi connectivity index (χ0v) is 12.9. The molecule has 0 aliphatic carbocycles. The van der Waals surface area contributed by atoms with Gasteiger partial charge in [0.25, 0.3) is 0 Å². The number of carbonyl (C=O) groups excluding carboxylic acids is 2. The second-order valence-corrected chi connectivity index (χ2v) is 5.12. The first kappa shape index (κ1) is 13.7. The number of rotatable bonds is 2. The molecular weight excluding hydrogens is 438 g/mol. The third-order valence-electron chi connectivity index (χ3n) is 1.87. The van der Waals surface area contributed by atoms with Gasteiger partial charge in [-0.25, -0.2) is 9.59 Å². The predicted molar refractivity (Wildman–Crippen MR) is 74.6 cm³/mol. The molecule has 1 aromatic carbocycles. The molecular formula is C10H8I2O4. The van der Waals surface area contributed by atoms with Gasteiger partial charge < -0.3 is 9.47 Å². The summed E-state index contributed by atoms with van der Waals surface area (Å²) in [6.45, 7) is 0. The number of hydrogen-bond acceptors (Lipinski definition) is 4. The first-order chi connectivity index (χ1) is 7.51. The maximum Gasteiger partial charge on any atom is 0.338 e. The van der Waals surface area contributed by atoms with Crippen LogP contribution < -0.4 is 0 Å². The van der Waals surface area contributed by atoms with E-state index in [0.717, 1.165) is 7.14 Å². The Morgan fingerprint density at radius 1 is 0.938 bits per heavy atom. The molecule has 0 bridgehead atoms. The highest BCUT2D eigenvalue weighted by atomic mass is 127. The van der Waals surface area contributed by atoms with Gasteiger partial charge in [-0.15, -0.1) is 0 Å². The van der Waals surface area contributed by atoms with E-state index in [4.69, 9.17) is 0 Å². The second-order valence-electron chi connectivity index (χ2n) is 2.80. The van der Waals surface area contributed by atoms with Crippen LogP contribution in [0.2, 0.25) is 0 Å². The lowest BCUT2D eigenvalue weighted by Crippen LogP contribution is -2.12. The molecule has 6 heteroatoms. The van der Waals surface area contributed by atoms with E-state index >= 15 is 0 Å². The molecule has 0 aliphatic heterocycles. The van der Waals surface area contributed by atoms with Gasteiger partial charge in [0.15, 0.2) is 0 Å². The van der Waals surface area contributed by atoms with E-state index in [2.05, 4.69) is 54.7 Å². The summed E-state index contributed by atoms with van der Waals surface area (Å²) >= 11 is 4.17. The van der Waals surface area contributed by atoms with Gasteiger partial charge in [0, 0.05) is 7.14 Å². The van der Waals surface area contributed by atoms with Crippen molar-refractivity contribution in [2.24, 2.45) is 0 Å². The third-order valence-corrected chi connectivity index (χ3v) is 4.69. The number of hydrogen-bond donors (Lipinski definition) is 0. The Balaban J connectivity index is 3.38. The Hall–Kier alpha value is -0.380. The fourth-order valence-electron chi connectivity index (χ4n) is 1.10. The molecule has 0 saturated carbocycles. The summed E-state index contributed by atoms with van der Waals surface area (Å²) in [5.41, 5.74) is 0.443. The summed E-state index contributed by atoms with van der Waals surface area (Å²) < 4.78 is 11.0. The molecule has 0 unspecified atom stereocenters. The molecule has 0 spiro atoms. The van der Waals surface area contributed by atoms with Gasteiger partial charge in [-0.3, -0.25) is 0 Å². The van der Waals surface area contributed by atoms with Crippen molar-refractivity contribution in [3.05, 3.63) is 30.4 Å². The number of ether oxygens (including phenoxy) is 2. The molecule has 16 heavy (non-hydrogen) atoms. The van der Waals surface area contributed by atoms with E-state index in [1.54, 1.807) is 12.1 Å². The molecule has 1 rings (SSSR count). The zero-order chi connectivity index (χ0) is 12.3. The summed E-state index contributed by atoms with van der Waals surface area (Å²) in [5.74, 6) is -1.09. The molecule has 4 nitrogen and oxygen atoms in total. The Morgan fingerprint density at radius 2 is 1.25 bits per heavy atom. The minimum atomic E-state index is -0.547. The smallest absolute Gasteiger partial charge is 0.338 e. The van der Waals surface area contributed by atoms with Crippen molar-refractivity contribution in [1.29, 1.82) is 0 Å². The second kappa shape index (κ2) is 5.80. The van der Waals surface area contributed by atoms with Crippen LogP contribution in [0.5, 0.6) is 0 Å². The zero-order valence-electron chi connectivity index (χ0n) is 8.54. The van der Waals surface area contributed by atoms with Crippen LogP contribution in [0.3, 0.4) is 0 Å². The van der Waals surface area contributed by atoms with Crippen molar-refractivity contribution in [2.75, 3.05) is 14.2 Å². The molecule has 0 heterocycles.